The summed E-state index contributed by atoms with van der Waals surface area (Å²) in [5.41, 5.74) is -1.84. The van der Waals surface area contributed by atoms with Crippen LogP contribution in [0.4, 0.5) is 0 Å². The van der Waals surface area contributed by atoms with Gasteiger partial charge in [-0.3, -0.25) is 4.79 Å². The first-order valence-electron chi connectivity index (χ1n) is 24.8. The molecule has 5 aliphatic carbocycles. The number of carbonyl (C=O) groups excluding carboxylic acids is 1. The summed E-state index contributed by atoms with van der Waals surface area (Å²) in [6.07, 6.45) is -21.2. The highest BCUT2D eigenvalue weighted by molar-refractivity contribution is 5.80. The number of hydrogen-bond acceptors (Lipinski definition) is 19. The molecule has 19 nitrogen and oxygen atoms in total. The van der Waals surface area contributed by atoms with Crippen molar-refractivity contribution in [3.8, 4) is 0 Å². The molecule has 0 bridgehead atoms. The van der Waals surface area contributed by atoms with E-state index in [4.69, 9.17) is 28.4 Å². The molecule has 12 N–H and O–H groups in total. The van der Waals surface area contributed by atoms with Crippen LogP contribution in [-0.4, -0.2) is 197 Å². The molecule has 0 aromatic carbocycles. The van der Waals surface area contributed by atoms with E-state index >= 15 is 0 Å². The molecule has 8 fully saturated rings. The van der Waals surface area contributed by atoms with Gasteiger partial charge in [0.05, 0.1) is 38.1 Å². The van der Waals surface area contributed by atoms with Crippen LogP contribution < -0.4 is 0 Å². The molecule has 3 aliphatic heterocycles. The van der Waals surface area contributed by atoms with E-state index in [-0.39, 0.29) is 57.0 Å². The van der Waals surface area contributed by atoms with Crippen LogP contribution in [0.2, 0.25) is 0 Å². The van der Waals surface area contributed by atoms with E-state index in [0.717, 1.165) is 19.3 Å². The maximum atomic E-state index is 12.7. The van der Waals surface area contributed by atoms with Gasteiger partial charge >= 0.3 is 0 Å². The summed E-state index contributed by atoms with van der Waals surface area (Å²) in [6.45, 7) is 12.5. The molecule has 5 saturated carbocycles. The molecule has 0 aromatic rings. The van der Waals surface area contributed by atoms with E-state index in [1.165, 1.54) is 0 Å². The van der Waals surface area contributed by atoms with E-state index < -0.39 is 136 Å². The first-order chi connectivity index (χ1) is 31.4. The van der Waals surface area contributed by atoms with Crippen molar-refractivity contribution < 1.29 is 94.5 Å². The maximum absolute atomic E-state index is 12.7. The van der Waals surface area contributed by atoms with E-state index in [9.17, 15) is 66.1 Å². The van der Waals surface area contributed by atoms with Gasteiger partial charge in [0.2, 0.25) is 0 Å². The summed E-state index contributed by atoms with van der Waals surface area (Å²) in [4.78, 5) is 12.7. The largest absolute Gasteiger partial charge is 0.394 e. The first kappa shape index (κ1) is 52.3. The van der Waals surface area contributed by atoms with Gasteiger partial charge in [-0.25, -0.2) is 0 Å². The lowest BCUT2D eigenvalue weighted by molar-refractivity contribution is -0.399. The van der Waals surface area contributed by atoms with Gasteiger partial charge in [-0.15, -0.1) is 0 Å². The highest BCUT2D eigenvalue weighted by Crippen LogP contribution is 2.89. The van der Waals surface area contributed by atoms with Crippen LogP contribution in [0.1, 0.15) is 106 Å². The molecule has 19 heteroatoms. The van der Waals surface area contributed by atoms with Gasteiger partial charge < -0.3 is 89.7 Å². The van der Waals surface area contributed by atoms with Crippen LogP contribution in [0.5, 0.6) is 0 Å². The fraction of sp³-hybridized carbons (Fsp3) is 0.979. The summed E-state index contributed by atoms with van der Waals surface area (Å²) >= 11 is 0. The zero-order valence-electron chi connectivity index (χ0n) is 40.0. The third kappa shape index (κ3) is 8.04. The van der Waals surface area contributed by atoms with Crippen molar-refractivity contribution in [1.29, 1.82) is 0 Å². The molecule has 2 spiro atoms. The number of hydrogen-bond donors (Lipinski definition) is 12. The molecule has 67 heavy (non-hydrogen) atoms. The molecule has 0 amide bonds. The van der Waals surface area contributed by atoms with Crippen molar-refractivity contribution in [2.24, 2.45) is 56.7 Å². The molecule has 0 aromatic heterocycles. The monoisotopic (exact) mass is 961 g/mol. The second-order valence-corrected chi connectivity index (χ2v) is 23.3. The normalized spacial score (nSPS) is 54.1. The number of aliphatic hydroxyl groups is 12. The summed E-state index contributed by atoms with van der Waals surface area (Å²) in [5, 5.41) is 131. The van der Waals surface area contributed by atoms with Crippen molar-refractivity contribution >= 4 is 5.78 Å². The Morgan fingerprint density at radius 1 is 0.612 bits per heavy atom. The van der Waals surface area contributed by atoms with Gasteiger partial charge in [-0.1, -0.05) is 48.5 Å². The van der Waals surface area contributed by atoms with E-state index in [0.29, 0.717) is 38.5 Å². The third-order valence-electron chi connectivity index (χ3n) is 19.6. The maximum Gasteiger partial charge on any atom is 0.187 e. The van der Waals surface area contributed by atoms with Gasteiger partial charge in [0.1, 0.15) is 79.0 Å². The average molecular weight is 961 g/mol. The Bertz CT molecular complexity index is 1750. The second kappa shape index (κ2) is 18.8. The van der Waals surface area contributed by atoms with Crippen LogP contribution in [0, 0.1) is 56.7 Å². The number of fused-ring (bicyclic) bond motifs is 2. The predicted octanol–water partition coefficient (Wildman–Crippen LogP) is -1.16. The minimum Gasteiger partial charge on any atom is -0.394 e. The van der Waals surface area contributed by atoms with Gasteiger partial charge in [0.15, 0.2) is 18.9 Å². The zero-order valence-corrected chi connectivity index (χ0v) is 40.0. The van der Waals surface area contributed by atoms with Crippen LogP contribution >= 0.6 is 0 Å². The molecule has 8 aliphatic rings. The number of Topliss-reactive ketones (excluding diaryl/α,β-unsaturated/α-hetero) is 1. The van der Waals surface area contributed by atoms with E-state index in [1.807, 2.05) is 13.8 Å². The van der Waals surface area contributed by atoms with E-state index in [1.54, 1.807) is 0 Å². The van der Waals surface area contributed by atoms with Crippen LogP contribution in [0.3, 0.4) is 0 Å². The van der Waals surface area contributed by atoms with Crippen molar-refractivity contribution in [2.45, 2.75) is 217 Å². The molecule has 26 atom stereocenters. The third-order valence-corrected chi connectivity index (χ3v) is 19.6. The molecule has 386 valence electrons. The minimum absolute atomic E-state index is 0.0493. The fourth-order valence-electron chi connectivity index (χ4n) is 15.9. The molecular weight excluding hydrogens is 881 g/mol. The van der Waals surface area contributed by atoms with Gasteiger partial charge in [-0.2, -0.15) is 0 Å². The molecule has 3 heterocycles. The Balaban J connectivity index is 1.07. The van der Waals surface area contributed by atoms with Crippen molar-refractivity contribution in [3.63, 3.8) is 0 Å². The van der Waals surface area contributed by atoms with Crippen molar-refractivity contribution in [2.75, 3.05) is 19.8 Å². The topological polar surface area (TPSA) is 315 Å². The lowest BCUT2D eigenvalue weighted by Crippen LogP contribution is -2.68. The Morgan fingerprint density at radius 2 is 1.13 bits per heavy atom. The number of ether oxygens (including phenoxy) is 6. The molecule has 0 radical (unpaired) electrons. The molecular formula is C48H80O19. The Labute approximate surface area is 392 Å². The first-order valence-corrected chi connectivity index (χ1v) is 24.8. The smallest absolute Gasteiger partial charge is 0.187 e. The summed E-state index contributed by atoms with van der Waals surface area (Å²) in [5.74, 6) is 0.384. The Hall–Kier alpha value is -1.05. The quantitative estimate of drug-likeness (QED) is 0.0914. The molecule has 8 rings (SSSR count). The van der Waals surface area contributed by atoms with Crippen LogP contribution in [0.15, 0.2) is 0 Å². The molecule has 3 saturated heterocycles. The number of rotatable bonds is 14. The van der Waals surface area contributed by atoms with Crippen molar-refractivity contribution in [3.05, 3.63) is 0 Å². The standard InChI is InChI=1S/C48H80O19/c1-20(2)22(52)9-8-21(3)31-23(53)14-45(6)28-11-10-27-44(4,5)30(12-13-47(27)19-48(28,47)29(54)15-46(31,45)7)65-43-40(67-42-38(61)36(59)33(56)25(17-50)63-42)39(34(57)26(18-51)64-43)66-41-37(60)35(58)32(55)24(16-49)62-41/h20-21,23-43,49-51,53-61H,8-19H2,1-7H3/t21?,23-,24?,25?,26?,27?,28-,29+,30-,31-,32?,33?,34?,35?,36?,37?,38?,39?,40?,41?,42?,43?,45-,46+,47+,48-/m0/s1. The summed E-state index contributed by atoms with van der Waals surface area (Å²) in [7, 11) is 0. The predicted molar refractivity (Wildman–Crippen MR) is 232 cm³/mol. The van der Waals surface area contributed by atoms with Crippen LogP contribution in [-0.2, 0) is 33.2 Å². The number of aliphatic hydroxyl groups excluding tert-OH is 12. The number of ketones is 1. The lowest BCUT2D eigenvalue weighted by Gasteiger charge is -2.64. The van der Waals surface area contributed by atoms with Gasteiger partial charge in [-0.05, 0) is 96.7 Å². The number of carbonyl (C=O) groups is 1. The van der Waals surface area contributed by atoms with Gasteiger partial charge in [0, 0.05) is 17.8 Å². The lowest BCUT2D eigenvalue weighted by atomic mass is 9.41. The highest BCUT2D eigenvalue weighted by Gasteiger charge is 2.85. The summed E-state index contributed by atoms with van der Waals surface area (Å²) < 4.78 is 36.9. The second-order valence-electron chi connectivity index (χ2n) is 23.3. The summed E-state index contributed by atoms with van der Waals surface area (Å²) in [6, 6.07) is 0. The zero-order chi connectivity index (χ0) is 49.1. The minimum atomic E-state index is -1.92. The Morgan fingerprint density at radius 3 is 1.69 bits per heavy atom. The van der Waals surface area contributed by atoms with E-state index in [2.05, 4.69) is 34.6 Å². The average Bonchev–Trinajstić information content (AvgIpc) is 3.92. The molecule has 17 unspecified atom stereocenters. The van der Waals surface area contributed by atoms with Gasteiger partial charge in [0.25, 0.3) is 0 Å². The van der Waals surface area contributed by atoms with Crippen LogP contribution in [0.25, 0.3) is 0 Å². The Kier molecular flexibility index (Phi) is 14.6. The SMILES string of the molecule is CC(C)C(=O)CCC(C)[C@H]1[C@@H](O)C[C@@]2(C)[C@@H]3CCC4C(C)(C)[C@@H](OC5OC(CO)C(O)C(OC6OC(CO)C(O)C(O)C6O)C5OC5OC(CO)C(O)C(O)C5O)CC[C@@]45C[C@@]35[C@H](O)C[C@]12C. The van der Waals surface area contributed by atoms with Crippen molar-refractivity contribution in [1.82, 2.24) is 0 Å². The highest BCUT2D eigenvalue weighted by atomic mass is 16.8. The fourth-order valence-corrected chi connectivity index (χ4v) is 15.9.